The third kappa shape index (κ3) is 6.27. The second-order valence-electron chi connectivity index (χ2n) is 10.4. The summed E-state index contributed by atoms with van der Waals surface area (Å²) in [5.41, 5.74) is 5.28. The number of ether oxygens (including phenoxy) is 1. The molecule has 4 aromatic rings. The Labute approximate surface area is 254 Å². The Morgan fingerprint density at radius 1 is 0.976 bits per heavy atom. The number of hydrogen-bond acceptors (Lipinski definition) is 8. The first-order valence-corrected chi connectivity index (χ1v) is 15.7. The van der Waals surface area contributed by atoms with Crippen molar-refractivity contribution in [1.29, 1.82) is 0 Å². The van der Waals surface area contributed by atoms with Gasteiger partial charge in [0.15, 0.2) is 4.34 Å². The molecule has 1 aliphatic rings. The Bertz CT molecular complexity index is 1630. The largest absolute Gasteiger partial charge is 0.507 e. The maximum absolute atomic E-state index is 13.6. The van der Waals surface area contributed by atoms with Crippen LogP contribution < -0.4 is 9.64 Å². The van der Waals surface area contributed by atoms with Gasteiger partial charge >= 0.3 is 5.91 Å². The molecule has 2 heterocycles. The molecule has 1 amide bonds. The molecule has 9 heteroatoms. The summed E-state index contributed by atoms with van der Waals surface area (Å²) in [6, 6.07) is 20.4. The molecule has 42 heavy (non-hydrogen) atoms. The molecule has 0 bridgehead atoms. The lowest BCUT2D eigenvalue weighted by Crippen LogP contribution is -2.29. The number of unbranched alkanes of at least 4 members (excludes halogenated alkanes) is 1. The number of carbonyl (C=O) groups is 2. The van der Waals surface area contributed by atoms with Crippen LogP contribution in [0.1, 0.15) is 59.2 Å². The highest BCUT2D eigenvalue weighted by Crippen LogP contribution is 2.44. The van der Waals surface area contributed by atoms with Gasteiger partial charge in [0.25, 0.3) is 5.78 Å². The number of Topliss-reactive ketones (excluding diaryl/α,β-unsaturated/α-hetero) is 1. The molecular weight excluding hydrogens is 567 g/mol. The highest BCUT2D eigenvalue weighted by atomic mass is 32.2. The van der Waals surface area contributed by atoms with Gasteiger partial charge in [0.1, 0.15) is 11.5 Å². The second-order valence-corrected chi connectivity index (χ2v) is 12.6. The molecule has 0 spiro atoms. The molecule has 1 N–H and O–H groups in total. The first-order chi connectivity index (χ1) is 20.3. The normalized spacial score (nSPS) is 16.3. The average molecular weight is 600 g/mol. The fourth-order valence-corrected chi connectivity index (χ4v) is 6.57. The van der Waals surface area contributed by atoms with Gasteiger partial charge in [-0.2, -0.15) is 0 Å². The quantitative estimate of drug-likeness (QED) is 0.0502. The van der Waals surface area contributed by atoms with E-state index in [1.807, 2.05) is 63.2 Å². The lowest BCUT2D eigenvalue weighted by atomic mass is 9.93. The van der Waals surface area contributed by atoms with E-state index in [9.17, 15) is 14.7 Å². The van der Waals surface area contributed by atoms with Crippen LogP contribution in [0.2, 0.25) is 0 Å². The summed E-state index contributed by atoms with van der Waals surface area (Å²) in [7, 11) is 0. The summed E-state index contributed by atoms with van der Waals surface area (Å²) in [4.78, 5) is 28.5. The number of carbonyl (C=O) groups excluding carboxylic acids is 2. The van der Waals surface area contributed by atoms with Crippen LogP contribution >= 0.6 is 23.1 Å². The van der Waals surface area contributed by atoms with Crippen molar-refractivity contribution in [3.63, 3.8) is 0 Å². The van der Waals surface area contributed by atoms with E-state index in [4.69, 9.17) is 4.74 Å². The number of aliphatic hydroxyl groups is 1. The summed E-state index contributed by atoms with van der Waals surface area (Å²) >= 11 is 2.77. The predicted molar refractivity (Wildman–Crippen MR) is 168 cm³/mol. The molecule has 5 rings (SSSR count). The number of aryl methyl sites for hydroxylation is 3. The van der Waals surface area contributed by atoms with Crippen LogP contribution in [0.25, 0.3) is 5.76 Å². The fraction of sp³-hybridized carbons (Fsp3) is 0.273. The van der Waals surface area contributed by atoms with Crippen LogP contribution in [-0.2, 0) is 15.3 Å². The van der Waals surface area contributed by atoms with Crippen LogP contribution in [-0.4, -0.2) is 33.6 Å². The molecule has 7 nitrogen and oxygen atoms in total. The number of thioether (sulfide) groups is 1. The molecule has 1 unspecified atom stereocenters. The lowest BCUT2D eigenvalue weighted by Gasteiger charge is -2.23. The minimum atomic E-state index is -0.877. The minimum Gasteiger partial charge on any atom is -0.507 e. The second kappa shape index (κ2) is 12.9. The van der Waals surface area contributed by atoms with Crippen LogP contribution in [0.15, 0.2) is 76.6 Å². The van der Waals surface area contributed by atoms with E-state index in [0.717, 1.165) is 29.5 Å². The van der Waals surface area contributed by atoms with Crippen LogP contribution in [0.4, 0.5) is 5.13 Å². The van der Waals surface area contributed by atoms with E-state index in [1.165, 1.54) is 33.6 Å². The van der Waals surface area contributed by atoms with E-state index >= 15 is 0 Å². The smallest absolute Gasteiger partial charge is 0.301 e. The van der Waals surface area contributed by atoms with Gasteiger partial charge in [-0.1, -0.05) is 96.1 Å². The standard InChI is InChI=1S/C33H33N3O4S2/c1-5-6-17-40-25-15-13-24(14-16-25)28-27(29(37)26-18-21(3)7-10-22(26)4)30(38)31(39)36(28)32-34-35-33(42-32)41-19-23-11-8-20(2)9-12-23/h7-16,18,28,37H,5-6,17,19H2,1-4H3/b29-27+. The molecule has 1 saturated heterocycles. The van der Waals surface area contributed by atoms with Gasteiger partial charge in [-0.05, 0) is 62.1 Å². The highest BCUT2D eigenvalue weighted by molar-refractivity contribution is 8.00. The molecule has 1 aliphatic heterocycles. The zero-order chi connectivity index (χ0) is 29.8. The van der Waals surface area contributed by atoms with Crippen molar-refractivity contribution in [3.8, 4) is 5.75 Å². The van der Waals surface area contributed by atoms with Crippen LogP contribution in [0.5, 0.6) is 5.75 Å². The molecule has 216 valence electrons. The van der Waals surface area contributed by atoms with Crippen molar-refractivity contribution >= 4 is 45.7 Å². The SMILES string of the molecule is CCCCOc1ccc(C2/C(=C(\O)c3cc(C)ccc3C)C(=O)C(=O)N2c2nnc(SCc3ccc(C)cc3)s2)cc1. The zero-order valence-corrected chi connectivity index (χ0v) is 25.7. The summed E-state index contributed by atoms with van der Waals surface area (Å²) in [5.74, 6) is -0.316. The van der Waals surface area contributed by atoms with Gasteiger partial charge in [-0.3, -0.25) is 14.5 Å². The van der Waals surface area contributed by atoms with Crippen molar-refractivity contribution in [2.45, 2.75) is 56.7 Å². The lowest BCUT2D eigenvalue weighted by molar-refractivity contribution is -0.132. The van der Waals surface area contributed by atoms with Crippen LogP contribution in [0, 0.1) is 20.8 Å². The molecule has 0 radical (unpaired) electrons. The Kier molecular flexibility index (Phi) is 9.09. The minimum absolute atomic E-state index is 0.0254. The van der Waals surface area contributed by atoms with Gasteiger partial charge < -0.3 is 9.84 Å². The number of aliphatic hydroxyl groups excluding tert-OH is 1. The number of hydrogen-bond donors (Lipinski definition) is 1. The Balaban J connectivity index is 1.53. The van der Waals surface area contributed by atoms with Gasteiger partial charge in [0.05, 0.1) is 18.2 Å². The number of benzene rings is 3. The number of aromatic nitrogens is 2. The highest BCUT2D eigenvalue weighted by Gasteiger charge is 2.48. The maximum Gasteiger partial charge on any atom is 0.301 e. The number of anilines is 1. The molecule has 0 saturated carbocycles. The average Bonchev–Trinajstić information content (AvgIpc) is 3.56. The van der Waals surface area contributed by atoms with Crippen molar-refractivity contribution in [2.24, 2.45) is 0 Å². The van der Waals surface area contributed by atoms with E-state index in [2.05, 4.69) is 41.4 Å². The molecule has 1 atom stereocenters. The van der Waals surface area contributed by atoms with Crippen molar-refractivity contribution < 1.29 is 19.4 Å². The van der Waals surface area contributed by atoms with E-state index in [-0.39, 0.29) is 11.3 Å². The zero-order valence-electron chi connectivity index (χ0n) is 24.1. The fourth-order valence-electron chi connectivity index (χ4n) is 4.75. The van der Waals surface area contributed by atoms with E-state index < -0.39 is 17.7 Å². The number of ketones is 1. The summed E-state index contributed by atoms with van der Waals surface area (Å²) < 4.78 is 6.51. The third-order valence-electron chi connectivity index (χ3n) is 7.14. The molecule has 3 aromatic carbocycles. The molecular formula is C33H33N3O4S2. The molecule has 1 fully saturated rings. The Hall–Kier alpha value is -3.95. The summed E-state index contributed by atoms with van der Waals surface area (Å²) in [6.45, 7) is 8.54. The van der Waals surface area contributed by atoms with Gasteiger partial charge in [0, 0.05) is 11.3 Å². The monoisotopic (exact) mass is 599 g/mol. The predicted octanol–water partition coefficient (Wildman–Crippen LogP) is 7.56. The van der Waals surface area contributed by atoms with Crippen LogP contribution in [0.3, 0.4) is 0 Å². The number of amides is 1. The summed E-state index contributed by atoms with van der Waals surface area (Å²) in [6.07, 6.45) is 1.97. The Morgan fingerprint density at radius 3 is 2.40 bits per heavy atom. The number of rotatable bonds is 10. The van der Waals surface area contributed by atoms with Crippen molar-refractivity contribution in [3.05, 3.63) is 106 Å². The third-order valence-corrected chi connectivity index (χ3v) is 9.27. The van der Waals surface area contributed by atoms with E-state index in [0.29, 0.717) is 38.7 Å². The topological polar surface area (TPSA) is 92.6 Å². The summed E-state index contributed by atoms with van der Waals surface area (Å²) in [5, 5.41) is 20.5. The first-order valence-electron chi connectivity index (χ1n) is 13.9. The van der Waals surface area contributed by atoms with Crippen molar-refractivity contribution in [2.75, 3.05) is 11.5 Å². The van der Waals surface area contributed by atoms with Gasteiger partial charge in [-0.15, -0.1) is 10.2 Å². The molecule has 0 aliphatic carbocycles. The Morgan fingerprint density at radius 2 is 1.69 bits per heavy atom. The van der Waals surface area contributed by atoms with E-state index in [1.54, 1.807) is 0 Å². The first kappa shape index (κ1) is 29.5. The van der Waals surface area contributed by atoms with Crippen molar-refractivity contribution in [1.82, 2.24) is 10.2 Å². The van der Waals surface area contributed by atoms with Gasteiger partial charge in [-0.25, -0.2) is 0 Å². The molecule has 1 aromatic heterocycles. The number of nitrogens with zero attached hydrogens (tertiary/aromatic N) is 3. The maximum atomic E-state index is 13.6. The van der Waals surface area contributed by atoms with Gasteiger partial charge in [0.2, 0.25) is 5.13 Å².